The summed E-state index contributed by atoms with van der Waals surface area (Å²) in [5.41, 5.74) is 1.76. The Balaban J connectivity index is 1.57. The predicted molar refractivity (Wildman–Crippen MR) is 87.8 cm³/mol. The molecule has 0 saturated carbocycles. The highest BCUT2D eigenvalue weighted by Crippen LogP contribution is 2.21. The number of sulfone groups is 2. The molecule has 2 heterocycles. The number of hydrogen-bond acceptors (Lipinski definition) is 6. The molecule has 0 aliphatic carbocycles. The molecule has 8 heteroatoms. The Kier molecular flexibility index (Phi) is 4.07. The van der Waals surface area contributed by atoms with Crippen molar-refractivity contribution >= 4 is 31.0 Å². The first-order valence-electron chi connectivity index (χ1n) is 7.35. The van der Waals surface area contributed by atoms with Crippen molar-refractivity contribution in [3.8, 4) is 0 Å². The van der Waals surface area contributed by atoms with Gasteiger partial charge in [-0.2, -0.15) is 0 Å². The molecule has 22 heavy (non-hydrogen) atoms. The predicted octanol–water partition coefficient (Wildman–Crippen LogP) is 0.885. The molecule has 1 aromatic rings. The summed E-state index contributed by atoms with van der Waals surface area (Å²) in [6.07, 6.45) is 1.28. The van der Waals surface area contributed by atoms with Gasteiger partial charge in [0.1, 0.15) is 0 Å². The standard InChI is InChI=1S/C14H20N2O4S2/c17-21(18)7-5-13(9-21)15-11-1-2-12(4-3-11)16-14-6-8-22(19,20)10-14/h1-4,13-16H,5-10H2/t13-,14-/m1/s1. The number of rotatable bonds is 4. The second-order valence-corrected chi connectivity index (χ2v) is 10.5. The Morgan fingerprint density at radius 3 is 1.36 bits per heavy atom. The molecule has 0 radical (unpaired) electrons. The Labute approximate surface area is 131 Å². The van der Waals surface area contributed by atoms with Gasteiger partial charge in [-0.05, 0) is 37.1 Å². The quantitative estimate of drug-likeness (QED) is 0.842. The summed E-state index contributed by atoms with van der Waals surface area (Å²) in [5, 5.41) is 6.46. The zero-order chi connectivity index (χ0) is 15.8. The topological polar surface area (TPSA) is 92.3 Å². The molecule has 0 unspecified atom stereocenters. The zero-order valence-corrected chi connectivity index (χ0v) is 13.8. The van der Waals surface area contributed by atoms with Crippen LogP contribution in [0.1, 0.15) is 12.8 Å². The van der Waals surface area contributed by atoms with Crippen molar-refractivity contribution in [3.63, 3.8) is 0 Å². The van der Waals surface area contributed by atoms with Gasteiger partial charge >= 0.3 is 0 Å². The van der Waals surface area contributed by atoms with Crippen LogP contribution in [0.5, 0.6) is 0 Å². The Morgan fingerprint density at radius 2 is 1.09 bits per heavy atom. The smallest absolute Gasteiger partial charge is 0.152 e. The van der Waals surface area contributed by atoms with Crippen LogP contribution in [0.25, 0.3) is 0 Å². The summed E-state index contributed by atoms with van der Waals surface area (Å²) in [4.78, 5) is 0. The minimum atomic E-state index is -2.88. The molecule has 122 valence electrons. The molecule has 2 aliphatic rings. The minimum Gasteiger partial charge on any atom is -0.381 e. The fraction of sp³-hybridized carbons (Fsp3) is 0.571. The first-order chi connectivity index (χ1) is 10.3. The molecule has 3 rings (SSSR count). The van der Waals surface area contributed by atoms with E-state index in [1.54, 1.807) is 0 Å². The van der Waals surface area contributed by atoms with E-state index in [4.69, 9.17) is 0 Å². The van der Waals surface area contributed by atoms with Gasteiger partial charge in [0.05, 0.1) is 23.0 Å². The lowest BCUT2D eigenvalue weighted by atomic mass is 10.2. The molecule has 2 fully saturated rings. The van der Waals surface area contributed by atoms with E-state index in [9.17, 15) is 16.8 Å². The lowest BCUT2D eigenvalue weighted by Gasteiger charge is -2.15. The second kappa shape index (κ2) is 5.73. The molecular formula is C14H20N2O4S2. The number of nitrogens with one attached hydrogen (secondary N) is 2. The van der Waals surface area contributed by atoms with Crippen molar-refractivity contribution in [2.24, 2.45) is 0 Å². The number of benzene rings is 1. The molecule has 0 bridgehead atoms. The number of hydrogen-bond donors (Lipinski definition) is 2. The van der Waals surface area contributed by atoms with Crippen LogP contribution in [-0.4, -0.2) is 51.9 Å². The van der Waals surface area contributed by atoms with E-state index in [0.717, 1.165) is 11.4 Å². The zero-order valence-electron chi connectivity index (χ0n) is 12.2. The van der Waals surface area contributed by atoms with E-state index in [2.05, 4.69) is 10.6 Å². The molecular weight excluding hydrogens is 324 g/mol. The summed E-state index contributed by atoms with van der Waals surface area (Å²) >= 11 is 0. The third kappa shape index (κ3) is 3.92. The van der Waals surface area contributed by atoms with Gasteiger partial charge in [-0.3, -0.25) is 0 Å². The highest BCUT2D eigenvalue weighted by atomic mass is 32.2. The summed E-state index contributed by atoms with van der Waals surface area (Å²) < 4.78 is 45.7. The maximum atomic E-state index is 11.4. The van der Waals surface area contributed by atoms with Gasteiger partial charge in [0, 0.05) is 23.5 Å². The number of anilines is 2. The van der Waals surface area contributed by atoms with Gasteiger partial charge in [-0.15, -0.1) is 0 Å². The van der Waals surface area contributed by atoms with Crippen LogP contribution in [0.4, 0.5) is 11.4 Å². The summed E-state index contributed by atoms with van der Waals surface area (Å²) in [6, 6.07) is 7.49. The van der Waals surface area contributed by atoms with Crippen molar-refractivity contribution in [3.05, 3.63) is 24.3 Å². The average Bonchev–Trinajstić information content (AvgIpc) is 2.94. The van der Waals surface area contributed by atoms with E-state index >= 15 is 0 Å². The minimum absolute atomic E-state index is 0.0243. The first-order valence-corrected chi connectivity index (χ1v) is 11.0. The van der Waals surface area contributed by atoms with Crippen LogP contribution >= 0.6 is 0 Å². The third-order valence-corrected chi connectivity index (χ3v) is 7.63. The van der Waals surface area contributed by atoms with E-state index in [0.29, 0.717) is 12.8 Å². The highest BCUT2D eigenvalue weighted by molar-refractivity contribution is 7.91. The van der Waals surface area contributed by atoms with Crippen LogP contribution < -0.4 is 10.6 Å². The van der Waals surface area contributed by atoms with Crippen LogP contribution in [0.3, 0.4) is 0 Å². The molecule has 0 spiro atoms. The average molecular weight is 344 g/mol. The summed E-state index contributed by atoms with van der Waals surface area (Å²) in [6.45, 7) is 0. The van der Waals surface area contributed by atoms with Gasteiger partial charge in [0.2, 0.25) is 0 Å². The lowest BCUT2D eigenvalue weighted by molar-refractivity contribution is 0.600. The molecule has 2 N–H and O–H groups in total. The fourth-order valence-electron chi connectivity index (χ4n) is 2.95. The monoisotopic (exact) mass is 344 g/mol. The van der Waals surface area contributed by atoms with Gasteiger partial charge in [-0.1, -0.05) is 0 Å². The van der Waals surface area contributed by atoms with Crippen molar-refractivity contribution in [2.45, 2.75) is 24.9 Å². The molecule has 2 atom stereocenters. The van der Waals surface area contributed by atoms with Gasteiger partial charge < -0.3 is 10.6 Å². The first kappa shape index (κ1) is 15.6. The van der Waals surface area contributed by atoms with Crippen LogP contribution in [0, 0.1) is 0 Å². The van der Waals surface area contributed by atoms with Crippen LogP contribution in [0.15, 0.2) is 24.3 Å². The Bertz CT molecular complexity index is 677. The van der Waals surface area contributed by atoms with Gasteiger partial charge in [0.15, 0.2) is 19.7 Å². The van der Waals surface area contributed by atoms with E-state index in [1.165, 1.54) is 0 Å². The normalized spacial score (nSPS) is 29.3. The molecule has 0 amide bonds. The molecule has 2 saturated heterocycles. The molecule has 0 aromatic heterocycles. The molecule has 6 nitrogen and oxygen atoms in total. The fourth-order valence-corrected chi connectivity index (χ4v) is 6.30. The maximum absolute atomic E-state index is 11.4. The van der Waals surface area contributed by atoms with Gasteiger partial charge in [-0.25, -0.2) is 16.8 Å². The third-order valence-electron chi connectivity index (χ3n) is 4.09. The Hall–Kier alpha value is -1.28. The Morgan fingerprint density at radius 1 is 0.727 bits per heavy atom. The summed E-state index contributed by atoms with van der Waals surface area (Å²) in [5.74, 6) is 0.876. The van der Waals surface area contributed by atoms with Crippen molar-refractivity contribution in [1.82, 2.24) is 0 Å². The largest absolute Gasteiger partial charge is 0.381 e. The lowest BCUT2D eigenvalue weighted by Crippen LogP contribution is -2.21. The van der Waals surface area contributed by atoms with Crippen LogP contribution in [-0.2, 0) is 19.7 Å². The maximum Gasteiger partial charge on any atom is 0.152 e. The van der Waals surface area contributed by atoms with E-state index in [1.807, 2.05) is 24.3 Å². The van der Waals surface area contributed by atoms with Crippen molar-refractivity contribution < 1.29 is 16.8 Å². The van der Waals surface area contributed by atoms with Crippen LogP contribution in [0.2, 0.25) is 0 Å². The van der Waals surface area contributed by atoms with E-state index < -0.39 is 19.7 Å². The molecule has 1 aromatic carbocycles. The SMILES string of the molecule is O=S1(=O)CC[C@@H](Nc2ccc(N[C@@H]3CCS(=O)(=O)C3)cc2)C1. The summed E-state index contributed by atoms with van der Waals surface area (Å²) in [7, 11) is -5.76. The molecule has 2 aliphatic heterocycles. The van der Waals surface area contributed by atoms with E-state index in [-0.39, 0.29) is 35.1 Å². The van der Waals surface area contributed by atoms with Gasteiger partial charge in [0.25, 0.3) is 0 Å². The second-order valence-electron chi connectivity index (χ2n) is 6.07. The highest BCUT2D eigenvalue weighted by Gasteiger charge is 2.28. The van der Waals surface area contributed by atoms with Crippen molar-refractivity contribution in [2.75, 3.05) is 33.6 Å². The van der Waals surface area contributed by atoms with Crippen molar-refractivity contribution in [1.29, 1.82) is 0 Å².